The van der Waals surface area contributed by atoms with Gasteiger partial charge >= 0.3 is 0 Å². The SMILES string of the molecule is CC1CN(C(=O)C2CC2C(=O)N2CCN(C(c3ccccc3)c3ccccc3)CC2)CC(C)N1. The minimum absolute atomic E-state index is 0.121. The molecule has 1 saturated carbocycles. The van der Waals surface area contributed by atoms with Crippen molar-refractivity contribution in [1.82, 2.24) is 20.0 Å². The number of carbonyl (C=O) groups is 2. The predicted octanol–water partition coefficient (Wildman–Crippen LogP) is 2.77. The van der Waals surface area contributed by atoms with Crippen LogP contribution in [0.1, 0.15) is 37.4 Å². The molecule has 4 unspecified atom stereocenters. The Balaban J connectivity index is 1.20. The van der Waals surface area contributed by atoms with Crippen molar-refractivity contribution in [2.45, 2.75) is 38.4 Å². The van der Waals surface area contributed by atoms with E-state index in [1.807, 2.05) is 9.80 Å². The maximum absolute atomic E-state index is 13.2. The zero-order valence-electron chi connectivity index (χ0n) is 20.3. The van der Waals surface area contributed by atoms with E-state index in [1.54, 1.807) is 0 Å². The molecule has 2 aromatic carbocycles. The lowest BCUT2D eigenvalue weighted by Gasteiger charge is -2.40. The maximum Gasteiger partial charge on any atom is 0.226 e. The summed E-state index contributed by atoms with van der Waals surface area (Å²) < 4.78 is 0. The first-order valence-electron chi connectivity index (χ1n) is 12.7. The van der Waals surface area contributed by atoms with E-state index in [2.05, 4.69) is 84.7 Å². The van der Waals surface area contributed by atoms with Crippen molar-refractivity contribution in [1.29, 1.82) is 0 Å². The van der Waals surface area contributed by atoms with Crippen LogP contribution in [0.25, 0.3) is 0 Å². The fourth-order valence-corrected chi connectivity index (χ4v) is 5.80. The Morgan fingerprint density at radius 1 is 0.735 bits per heavy atom. The summed E-state index contributed by atoms with van der Waals surface area (Å²) >= 11 is 0. The van der Waals surface area contributed by atoms with Gasteiger partial charge in [0.25, 0.3) is 0 Å². The Labute approximate surface area is 202 Å². The van der Waals surface area contributed by atoms with Crippen molar-refractivity contribution in [2.24, 2.45) is 11.8 Å². The molecular weight excluding hydrogens is 424 g/mol. The van der Waals surface area contributed by atoms with Gasteiger partial charge in [0.2, 0.25) is 11.8 Å². The number of nitrogens with zero attached hydrogens (tertiary/aromatic N) is 3. The number of hydrogen-bond acceptors (Lipinski definition) is 4. The highest BCUT2D eigenvalue weighted by Gasteiger charge is 2.51. The highest BCUT2D eigenvalue weighted by atomic mass is 16.2. The zero-order valence-corrected chi connectivity index (χ0v) is 20.3. The van der Waals surface area contributed by atoms with Crippen molar-refractivity contribution in [3.8, 4) is 0 Å². The molecule has 1 aliphatic carbocycles. The van der Waals surface area contributed by atoms with Gasteiger partial charge in [-0.1, -0.05) is 60.7 Å². The number of rotatable bonds is 5. The van der Waals surface area contributed by atoms with Gasteiger partial charge in [-0.15, -0.1) is 0 Å². The number of nitrogens with one attached hydrogen (secondary N) is 1. The first-order valence-corrected chi connectivity index (χ1v) is 12.7. The molecule has 2 saturated heterocycles. The Morgan fingerprint density at radius 3 is 1.71 bits per heavy atom. The lowest BCUT2D eigenvalue weighted by Crippen LogP contribution is -2.56. The molecule has 2 aliphatic heterocycles. The van der Waals surface area contributed by atoms with Crippen LogP contribution in [0.4, 0.5) is 0 Å². The van der Waals surface area contributed by atoms with Gasteiger partial charge in [-0.3, -0.25) is 14.5 Å². The third-order valence-corrected chi connectivity index (χ3v) is 7.52. The van der Waals surface area contributed by atoms with Gasteiger partial charge in [-0.25, -0.2) is 0 Å². The van der Waals surface area contributed by atoms with Gasteiger partial charge in [0.05, 0.1) is 17.9 Å². The summed E-state index contributed by atoms with van der Waals surface area (Å²) in [6, 6.07) is 22.0. The monoisotopic (exact) mass is 460 g/mol. The van der Waals surface area contributed by atoms with Gasteiger partial charge < -0.3 is 15.1 Å². The normalized spacial score (nSPS) is 27.6. The molecule has 2 aromatic rings. The fraction of sp³-hybridized carbons (Fsp3) is 0.500. The van der Waals surface area contributed by atoms with Crippen LogP contribution in [0.5, 0.6) is 0 Å². The van der Waals surface area contributed by atoms with Gasteiger partial charge in [-0.2, -0.15) is 0 Å². The largest absolute Gasteiger partial charge is 0.340 e. The van der Waals surface area contributed by atoms with Crippen molar-refractivity contribution < 1.29 is 9.59 Å². The van der Waals surface area contributed by atoms with Crippen molar-refractivity contribution in [3.05, 3.63) is 71.8 Å². The van der Waals surface area contributed by atoms with Crippen LogP contribution in [0.3, 0.4) is 0 Å². The minimum Gasteiger partial charge on any atom is -0.340 e. The second-order valence-corrected chi connectivity index (χ2v) is 10.2. The average molecular weight is 461 g/mol. The van der Waals surface area contributed by atoms with Gasteiger partial charge in [0.15, 0.2) is 0 Å². The summed E-state index contributed by atoms with van der Waals surface area (Å²) in [5.74, 6) is 0.0959. The molecule has 1 N–H and O–H groups in total. The average Bonchev–Trinajstić information content (AvgIpc) is 3.65. The molecule has 3 aliphatic rings. The predicted molar refractivity (Wildman–Crippen MR) is 133 cm³/mol. The Bertz CT molecular complexity index is 940. The zero-order chi connectivity index (χ0) is 23.7. The molecule has 2 amide bonds. The molecule has 6 nitrogen and oxygen atoms in total. The van der Waals surface area contributed by atoms with Crippen molar-refractivity contribution in [2.75, 3.05) is 39.3 Å². The Kier molecular flexibility index (Phi) is 6.70. The molecule has 3 fully saturated rings. The number of piperazine rings is 2. The second kappa shape index (κ2) is 9.88. The molecule has 34 heavy (non-hydrogen) atoms. The summed E-state index contributed by atoms with van der Waals surface area (Å²) in [6.45, 7) is 8.80. The molecule has 0 aromatic heterocycles. The van der Waals surface area contributed by atoms with E-state index >= 15 is 0 Å². The molecule has 0 radical (unpaired) electrons. The fourth-order valence-electron chi connectivity index (χ4n) is 5.80. The van der Waals surface area contributed by atoms with Gasteiger partial charge in [0.1, 0.15) is 0 Å². The number of hydrogen-bond donors (Lipinski definition) is 1. The van der Waals surface area contributed by atoms with E-state index in [1.165, 1.54) is 11.1 Å². The Hall–Kier alpha value is -2.70. The van der Waals surface area contributed by atoms with Crippen LogP contribution in [0.15, 0.2) is 60.7 Å². The Morgan fingerprint density at radius 2 is 1.21 bits per heavy atom. The van der Waals surface area contributed by atoms with Crippen LogP contribution in [-0.4, -0.2) is 77.9 Å². The van der Waals surface area contributed by atoms with Gasteiger partial charge in [-0.05, 0) is 31.4 Å². The van der Waals surface area contributed by atoms with Crippen molar-refractivity contribution in [3.63, 3.8) is 0 Å². The van der Waals surface area contributed by atoms with Crippen LogP contribution in [0, 0.1) is 11.8 Å². The molecule has 4 atom stereocenters. The number of benzene rings is 2. The van der Waals surface area contributed by atoms with Crippen LogP contribution < -0.4 is 5.32 Å². The van der Waals surface area contributed by atoms with E-state index in [0.29, 0.717) is 31.6 Å². The van der Waals surface area contributed by atoms with Crippen molar-refractivity contribution >= 4 is 11.8 Å². The third-order valence-electron chi connectivity index (χ3n) is 7.52. The van der Waals surface area contributed by atoms with E-state index in [9.17, 15) is 9.59 Å². The molecule has 5 rings (SSSR count). The topological polar surface area (TPSA) is 55.9 Å². The second-order valence-electron chi connectivity index (χ2n) is 10.2. The maximum atomic E-state index is 13.2. The highest BCUT2D eigenvalue weighted by Crippen LogP contribution is 2.42. The summed E-state index contributed by atoms with van der Waals surface area (Å²) in [5.41, 5.74) is 2.56. The summed E-state index contributed by atoms with van der Waals surface area (Å²) in [4.78, 5) is 32.7. The first kappa shape index (κ1) is 23.1. The summed E-state index contributed by atoms with van der Waals surface area (Å²) in [7, 11) is 0. The molecule has 6 heteroatoms. The molecule has 2 heterocycles. The lowest BCUT2D eigenvalue weighted by atomic mass is 9.96. The van der Waals surface area contributed by atoms with Crippen LogP contribution >= 0.6 is 0 Å². The van der Waals surface area contributed by atoms with E-state index in [4.69, 9.17) is 0 Å². The number of carbonyl (C=O) groups excluding carboxylic acids is 2. The standard InChI is InChI=1S/C28H36N4O2/c1-20-18-32(19-21(2)29-20)28(34)25-17-24(25)27(33)31-15-13-30(14-16-31)26(22-9-5-3-6-10-22)23-11-7-4-8-12-23/h3-12,20-21,24-26,29H,13-19H2,1-2H3. The molecule has 0 bridgehead atoms. The smallest absolute Gasteiger partial charge is 0.226 e. The first-order chi connectivity index (χ1) is 16.5. The van der Waals surface area contributed by atoms with Crippen LogP contribution in [0.2, 0.25) is 0 Å². The third kappa shape index (κ3) is 4.89. The van der Waals surface area contributed by atoms with Gasteiger partial charge in [0, 0.05) is 51.4 Å². The quantitative estimate of drug-likeness (QED) is 0.746. The molecule has 0 spiro atoms. The minimum atomic E-state index is -0.126. The summed E-state index contributed by atoms with van der Waals surface area (Å²) in [5, 5.41) is 3.47. The number of amides is 2. The van der Waals surface area contributed by atoms with E-state index in [0.717, 1.165) is 26.2 Å². The molecule has 180 valence electrons. The lowest BCUT2D eigenvalue weighted by molar-refractivity contribution is -0.139. The van der Waals surface area contributed by atoms with E-state index in [-0.39, 0.29) is 29.7 Å². The molecular formula is C28H36N4O2. The van der Waals surface area contributed by atoms with Crippen LogP contribution in [-0.2, 0) is 9.59 Å². The summed E-state index contributed by atoms with van der Waals surface area (Å²) in [6.07, 6.45) is 0.710. The van der Waals surface area contributed by atoms with E-state index < -0.39 is 0 Å². The highest BCUT2D eigenvalue weighted by molar-refractivity contribution is 5.92.